The lowest BCUT2D eigenvalue weighted by Crippen LogP contribution is -2.40. The Hall–Kier alpha value is -1.10. The molecule has 1 amide bonds. The van der Waals surface area contributed by atoms with E-state index in [4.69, 9.17) is 5.11 Å². The molecule has 0 aromatic rings. The molecular weight excluding hydrogens is 220 g/mol. The van der Waals surface area contributed by atoms with Crippen molar-refractivity contribution in [3.8, 4) is 0 Å². The third-order valence-electron chi connectivity index (χ3n) is 2.64. The van der Waals surface area contributed by atoms with Crippen LogP contribution in [-0.2, 0) is 9.59 Å². The van der Waals surface area contributed by atoms with Gasteiger partial charge in [0.25, 0.3) is 0 Å². The van der Waals surface area contributed by atoms with E-state index in [0.717, 1.165) is 12.8 Å². The highest BCUT2D eigenvalue weighted by atomic mass is 16.4. The Morgan fingerprint density at radius 1 is 1.29 bits per heavy atom. The molecule has 0 fully saturated rings. The van der Waals surface area contributed by atoms with Crippen LogP contribution in [0.1, 0.15) is 46.5 Å². The van der Waals surface area contributed by atoms with Crippen LogP contribution in [0.4, 0.5) is 0 Å². The summed E-state index contributed by atoms with van der Waals surface area (Å²) >= 11 is 0. The van der Waals surface area contributed by atoms with Gasteiger partial charge in [0.05, 0.1) is 0 Å². The van der Waals surface area contributed by atoms with Gasteiger partial charge < -0.3 is 15.7 Å². The van der Waals surface area contributed by atoms with Crippen LogP contribution in [0.25, 0.3) is 0 Å². The summed E-state index contributed by atoms with van der Waals surface area (Å²) in [4.78, 5) is 22.2. The molecule has 3 N–H and O–H groups in total. The zero-order valence-electron chi connectivity index (χ0n) is 11.0. The molecule has 100 valence electrons. The molecule has 2 atom stereocenters. The Morgan fingerprint density at radius 2 is 1.94 bits per heavy atom. The third kappa shape index (κ3) is 7.74. The summed E-state index contributed by atoms with van der Waals surface area (Å²) in [5.74, 6) is -0.887. The lowest BCUT2D eigenvalue weighted by atomic mass is 10.1. The van der Waals surface area contributed by atoms with Crippen molar-refractivity contribution in [1.82, 2.24) is 10.6 Å². The number of hydrogen-bond acceptors (Lipinski definition) is 3. The van der Waals surface area contributed by atoms with E-state index in [9.17, 15) is 9.59 Å². The zero-order valence-corrected chi connectivity index (χ0v) is 11.0. The van der Waals surface area contributed by atoms with Crippen LogP contribution in [0.5, 0.6) is 0 Å². The highest BCUT2D eigenvalue weighted by Gasteiger charge is 2.15. The van der Waals surface area contributed by atoms with Crippen LogP contribution in [0.15, 0.2) is 0 Å². The van der Waals surface area contributed by atoms with Crippen molar-refractivity contribution in [2.24, 2.45) is 0 Å². The second-order valence-electron chi connectivity index (χ2n) is 4.26. The van der Waals surface area contributed by atoms with Crippen LogP contribution < -0.4 is 10.6 Å². The summed E-state index contributed by atoms with van der Waals surface area (Å²) < 4.78 is 0. The summed E-state index contributed by atoms with van der Waals surface area (Å²) in [5.41, 5.74) is 0. The van der Waals surface area contributed by atoms with E-state index in [0.29, 0.717) is 19.4 Å². The van der Waals surface area contributed by atoms with Crippen molar-refractivity contribution >= 4 is 11.9 Å². The molecule has 5 heteroatoms. The van der Waals surface area contributed by atoms with E-state index in [2.05, 4.69) is 10.6 Å². The van der Waals surface area contributed by atoms with Gasteiger partial charge in [-0.05, 0) is 19.8 Å². The van der Waals surface area contributed by atoms with Crippen LogP contribution >= 0.6 is 0 Å². The second-order valence-corrected chi connectivity index (χ2v) is 4.26. The van der Waals surface area contributed by atoms with Crippen molar-refractivity contribution in [2.75, 3.05) is 6.54 Å². The van der Waals surface area contributed by atoms with Gasteiger partial charge in [0, 0.05) is 19.0 Å². The monoisotopic (exact) mass is 244 g/mol. The number of carbonyl (C=O) groups is 2. The maximum absolute atomic E-state index is 11.4. The molecule has 0 rings (SSSR count). The highest BCUT2D eigenvalue weighted by molar-refractivity contribution is 5.76. The van der Waals surface area contributed by atoms with E-state index in [1.54, 1.807) is 0 Å². The fraction of sp³-hybridized carbons (Fsp3) is 0.833. The largest absolute Gasteiger partial charge is 0.480 e. The number of amides is 1. The van der Waals surface area contributed by atoms with E-state index < -0.39 is 12.0 Å². The zero-order chi connectivity index (χ0) is 13.3. The molecule has 0 spiro atoms. The highest BCUT2D eigenvalue weighted by Crippen LogP contribution is 1.97. The second kappa shape index (κ2) is 8.98. The minimum absolute atomic E-state index is 0.0347. The summed E-state index contributed by atoms with van der Waals surface area (Å²) in [6.07, 6.45) is 2.61. The minimum atomic E-state index is -0.853. The Labute approximate surface area is 103 Å². The van der Waals surface area contributed by atoms with Crippen LogP contribution in [-0.4, -0.2) is 35.6 Å². The molecule has 0 aliphatic heterocycles. The molecule has 0 bridgehead atoms. The predicted octanol–water partition coefficient (Wildman–Crippen LogP) is 1.13. The van der Waals surface area contributed by atoms with Gasteiger partial charge in [-0.15, -0.1) is 0 Å². The van der Waals surface area contributed by atoms with Gasteiger partial charge in [0.1, 0.15) is 6.04 Å². The number of carboxylic acids is 1. The molecule has 0 aliphatic rings. The maximum atomic E-state index is 11.4. The normalized spacial score (nSPS) is 14.1. The van der Waals surface area contributed by atoms with E-state index in [1.165, 1.54) is 0 Å². The molecule has 0 heterocycles. The summed E-state index contributed by atoms with van der Waals surface area (Å²) in [6.45, 7) is 6.29. The first-order chi connectivity index (χ1) is 8.01. The number of nitrogens with one attached hydrogen (secondary N) is 2. The molecule has 17 heavy (non-hydrogen) atoms. The number of carbonyl (C=O) groups excluding carboxylic acids is 1. The third-order valence-corrected chi connectivity index (χ3v) is 2.64. The maximum Gasteiger partial charge on any atom is 0.320 e. The topological polar surface area (TPSA) is 78.4 Å². The molecular formula is C12H24N2O3. The van der Waals surface area contributed by atoms with Gasteiger partial charge in [-0.3, -0.25) is 9.59 Å². The fourth-order valence-corrected chi connectivity index (χ4v) is 1.41. The molecule has 0 saturated heterocycles. The van der Waals surface area contributed by atoms with E-state index in [-0.39, 0.29) is 11.9 Å². The fourth-order valence-electron chi connectivity index (χ4n) is 1.41. The number of aliphatic carboxylic acids is 1. The molecule has 0 saturated carbocycles. The van der Waals surface area contributed by atoms with Gasteiger partial charge in [0.2, 0.25) is 5.91 Å². The van der Waals surface area contributed by atoms with Gasteiger partial charge >= 0.3 is 5.97 Å². The average molecular weight is 244 g/mol. The van der Waals surface area contributed by atoms with E-state index in [1.807, 2.05) is 20.8 Å². The smallest absolute Gasteiger partial charge is 0.320 e. The Kier molecular flexibility index (Phi) is 8.40. The van der Waals surface area contributed by atoms with Crippen LogP contribution in [0.3, 0.4) is 0 Å². The van der Waals surface area contributed by atoms with Crippen LogP contribution in [0.2, 0.25) is 0 Å². The average Bonchev–Trinajstić information content (AvgIpc) is 2.27. The van der Waals surface area contributed by atoms with Gasteiger partial charge in [-0.2, -0.15) is 0 Å². The lowest BCUT2D eigenvalue weighted by molar-refractivity contribution is -0.139. The first-order valence-electron chi connectivity index (χ1n) is 6.26. The first kappa shape index (κ1) is 15.9. The minimum Gasteiger partial charge on any atom is -0.480 e. The number of hydrogen-bond donors (Lipinski definition) is 3. The SMILES string of the molecule is CCCC(NCCC(=O)NC(C)CC)C(=O)O. The number of rotatable bonds is 9. The van der Waals surface area contributed by atoms with Crippen molar-refractivity contribution in [3.05, 3.63) is 0 Å². The van der Waals surface area contributed by atoms with Crippen molar-refractivity contribution in [2.45, 2.75) is 58.5 Å². The standard InChI is InChI=1S/C12H24N2O3/c1-4-6-10(12(16)17)13-8-7-11(15)14-9(3)5-2/h9-10,13H,4-8H2,1-3H3,(H,14,15)(H,16,17). The molecule has 0 radical (unpaired) electrons. The Balaban J connectivity index is 3.80. The Bertz CT molecular complexity index is 244. The van der Waals surface area contributed by atoms with E-state index >= 15 is 0 Å². The van der Waals surface area contributed by atoms with Gasteiger partial charge in [0.15, 0.2) is 0 Å². The summed E-state index contributed by atoms with van der Waals surface area (Å²) in [5, 5.41) is 14.6. The van der Waals surface area contributed by atoms with Crippen molar-refractivity contribution in [3.63, 3.8) is 0 Å². The Morgan fingerprint density at radius 3 is 2.41 bits per heavy atom. The quantitative estimate of drug-likeness (QED) is 0.568. The molecule has 0 aliphatic carbocycles. The van der Waals surface area contributed by atoms with Gasteiger partial charge in [-0.25, -0.2) is 0 Å². The van der Waals surface area contributed by atoms with Crippen molar-refractivity contribution in [1.29, 1.82) is 0 Å². The molecule has 2 unspecified atom stereocenters. The van der Waals surface area contributed by atoms with Crippen LogP contribution in [0, 0.1) is 0 Å². The lowest BCUT2D eigenvalue weighted by Gasteiger charge is -2.14. The molecule has 0 aromatic heterocycles. The molecule has 0 aromatic carbocycles. The van der Waals surface area contributed by atoms with Crippen molar-refractivity contribution < 1.29 is 14.7 Å². The van der Waals surface area contributed by atoms with Gasteiger partial charge in [-0.1, -0.05) is 20.3 Å². The first-order valence-corrected chi connectivity index (χ1v) is 6.26. The molecule has 5 nitrogen and oxygen atoms in total. The number of carboxylic acid groups (broad SMARTS) is 1. The summed E-state index contributed by atoms with van der Waals surface area (Å²) in [7, 11) is 0. The summed E-state index contributed by atoms with van der Waals surface area (Å²) in [6, 6.07) is -0.371. The predicted molar refractivity (Wildman–Crippen MR) is 66.8 cm³/mol.